The molecule has 17 heavy (non-hydrogen) atoms. The predicted octanol–water partition coefficient (Wildman–Crippen LogP) is 2.42. The number of rotatable bonds is 4. The smallest absolute Gasteiger partial charge is 0.307 e. The average molecular weight is 280 g/mol. The molecule has 1 aromatic rings. The highest BCUT2D eigenvalue weighted by molar-refractivity contribution is 6.32. The molecule has 0 bridgehead atoms. The Kier molecular flexibility index (Phi) is 6.95. The maximum absolute atomic E-state index is 11.2. The third-order valence-electron chi connectivity index (χ3n) is 2.11. The summed E-state index contributed by atoms with van der Waals surface area (Å²) < 4.78 is 4.77. The summed E-state index contributed by atoms with van der Waals surface area (Å²) in [5.74, 6) is -0.477. The molecule has 0 fully saturated rings. The lowest BCUT2D eigenvalue weighted by Gasteiger charge is -2.13. The summed E-state index contributed by atoms with van der Waals surface area (Å²) in [6, 6.07) is 4.24. The minimum Gasteiger partial charge on any atom is -0.506 e. The van der Waals surface area contributed by atoms with Gasteiger partial charge in [0.05, 0.1) is 18.1 Å². The molecule has 6 heteroatoms. The minimum absolute atomic E-state index is 0. The molecule has 3 N–H and O–H groups in total. The van der Waals surface area contributed by atoms with Crippen LogP contribution in [-0.2, 0) is 9.53 Å². The number of phenols is 1. The summed E-state index contributed by atoms with van der Waals surface area (Å²) in [5.41, 5.74) is 6.22. The zero-order valence-corrected chi connectivity index (χ0v) is 10.9. The lowest BCUT2D eigenvalue weighted by molar-refractivity contribution is -0.143. The minimum atomic E-state index is -0.613. The first-order valence-corrected chi connectivity index (χ1v) is 5.32. The van der Waals surface area contributed by atoms with Crippen LogP contribution in [0.5, 0.6) is 5.75 Å². The van der Waals surface area contributed by atoms with Gasteiger partial charge in [0.2, 0.25) is 0 Å². The summed E-state index contributed by atoms with van der Waals surface area (Å²) in [6.45, 7) is 2.04. The van der Waals surface area contributed by atoms with Crippen molar-refractivity contribution in [1.82, 2.24) is 0 Å². The van der Waals surface area contributed by atoms with Crippen LogP contribution in [0.1, 0.15) is 24.9 Å². The lowest BCUT2D eigenvalue weighted by atomic mass is 10.0. The van der Waals surface area contributed by atoms with Gasteiger partial charge in [0.25, 0.3) is 0 Å². The Morgan fingerprint density at radius 2 is 2.24 bits per heavy atom. The molecule has 1 aromatic carbocycles. The highest BCUT2D eigenvalue weighted by Gasteiger charge is 2.16. The van der Waals surface area contributed by atoms with E-state index in [4.69, 9.17) is 22.1 Å². The molecule has 0 radical (unpaired) electrons. The largest absolute Gasteiger partial charge is 0.506 e. The molecule has 0 unspecified atom stereocenters. The molecular weight excluding hydrogens is 265 g/mol. The van der Waals surface area contributed by atoms with Crippen molar-refractivity contribution in [2.45, 2.75) is 19.4 Å². The fraction of sp³-hybridized carbons (Fsp3) is 0.364. The van der Waals surface area contributed by atoms with Crippen molar-refractivity contribution in [3.63, 3.8) is 0 Å². The van der Waals surface area contributed by atoms with E-state index in [0.29, 0.717) is 12.2 Å². The average Bonchev–Trinajstić information content (AvgIpc) is 2.22. The van der Waals surface area contributed by atoms with E-state index >= 15 is 0 Å². The Labute approximate surface area is 111 Å². The maximum Gasteiger partial charge on any atom is 0.307 e. The molecule has 0 aliphatic carbocycles. The van der Waals surface area contributed by atoms with Crippen molar-refractivity contribution in [3.05, 3.63) is 28.8 Å². The Balaban J connectivity index is 0.00000256. The van der Waals surface area contributed by atoms with Crippen molar-refractivity contribution in [2.24, 2.45) is 5.73 Å². The van der Waals surface area contributed by atoms with E-state index in [1.54, 1.807) is 25.1 Å². The number of carbonyl (C=O) groups is 1. The van der Waals surface area contributed by atoms with Crippen molar-refractivity contribution in [1.29, 1.82) is 0 Å². The number of hydrogen-bond donors (Lipinski definition) is 2. The Bertz CT molecular complexity index is 385. The van der Waals surface area contributed by atoms with Gasteiger partial charge >= 0.3 is 5.97 Å². The van der Waals surface area contributed by atoms with E-state index in [1.165, 1.54) is 0 Å². The zero-order chi connectivity index (χ0) is 12.1. The van der Waals surface area contributed by atoms with Gasteiger partial charge in [-0.25, -0.2) is 0 Å². The number of halogens is 2. The van der Waals surface area contributed by atoms with E-state index in [1.807, 2.05) is 0 Å². The van der Waals surface area contributed by atoms with Crippen LogP contribution < -0.4 is 5.73 Å². The third-order valence-corrected chi connectivity index (χ3v) is 2.41. The molecule has 0 aromatic heterocycles. The van der Waals surface area contributed by atoms with Gasteiger partial charge in [0, 0.05) is 11.6 Å². The van der Waals surface area contributed by atoms with Gasteiger partial charge in [0.1, 0.15) is 5.75 Å². The number of benzene rings is 1. The van der Waals surface area contributed by atoms with Crippen molar-refractivity contribution in [3.8, 4) is 5.75 Å². The number of para-hydroxylation sites is 1. The highest BCUT2D eigenvalue weighted by atomic mass is 35.5. The molecule has 0 amide bonds. The second kappa shape index (κ2) is 7.37. The van der Waals surface area contributed by atoms with Crippen LogP contribution >= 0.6 is 24.0 Å². The zero-order valence-electron chi connectivity index (χ0n) is 9.35. The standard InChI is InChI=1S/C11H14ClNO3.ClH/c1-2-16-10(14)6-9(13)7-4-3-5-8(12)11(7)15;/h3-5,9,15H,2,6,13H2,1H3;1H/t9-;/m0./s1. The Hall–Kier alpha value is -0.970. The quantitative estimate of drug-likeness (QED) is 0.831. The third kappa shape index (κ3) is 4.42. The number of aromatic hydroxyl groups is 1. The molecule has 0 aliphatic rings. The van der Waals surface area contributed by atoms with Crippen LogP contribution in [0, 0.1) is 0 Å². The van der Waals surface area contributed by atoms with E-state index in [9.17, 15) is 9.90 Å². The van der Waals surface area contributed by atoms with Crippen LogP contribution in [-0.4, -0.2) is 17.7 Å². The molecule has 0 aliphatic heterocycles. The van der Waals surface area contributed by atoms with E-state index in [2.05, 4.69) is 0 Å². The second-order valence-corrected chi connectivity index (χ2v) is 3.70. The number of carbonyl (C=O) groups excluding carboxylic acids is 1. The van der Waals surface area contributed by atoms with Crippen molar-refractivity contribution >= 4 is 30.0 Å². The molecular formula is C11H15Cl2NO3. The van der Waals surface area contributed by atoms with E-state index in [-0.39, 0.29) is 29.6 Å². The van der Waals surface area contributed by atoms with Crippen LogP contribution in [0.25, 0.3) is 0 Å². The first kappa shape index (κ1) is 16.0. The van der Waals surface area contributed by atoms with Crippen LogP contribution in [0.15, 0.2) is 18.2 Å². The summed E-state index contributed by atoms with van der Waals surface area (Å²) in [4.78, 5) is 11.2. The maximum atomic E-state index is 11.2. The Morgan fingerprint density at radius 3 is 2.82 bits per heavy atom. The molecule has 0 heterocycles. The van der Waals surface area contributed by atoms with Crippen LogP contribution in [0.4, 0.5) is 0 Å². The van der Waals surface area contributed by atoms with Gasteiger partial charge < -0.3 is 15.6 Å². The van der Waals surface area contributed by atoms with Crippen molar-refractivity contribution < 1.29 is 14.6 Å². The SMILES string of the molecule is CCOC(=O)C[C@H](N)c1cccc(Cl)c1O.Cl. The molecule has 0 saturated carbocycles. The van der Waals surface area contributed by atoms with Gasteiger partial charge in [-0.15, -0.1) is 12.4 Å². The molecule has 1 atom stereocenters. The first-order chi connectivity index (χ1) is 7.56. The van der Waals surface area contributed by atoms with Gasteiger partial charge in [-0.2, -0.15) is 0 Å². The fourth-order valence-corrected chi connectivity index (χ4v) is 1.52. The van der Waals surface area contributed by atoms with Crippen molar-refractivity contribution in [2.75, 3.05) is 6.61 Å². The molecule has 4 nitrogen and oxygen atoms in total. The molecule has 96 valence electrons. The molecule has 0 spiro atoms. The molecule has 1 rings (SSSR count). The summed E-state index contributed by atoms with van der Waals surface area (Å²) in [5, 5.41) is 9.87. The van der Waals surface area contributed by atoms with Gasteiger partial charge in [-0.1, -0.05) is 23.7 Å². The summed E-state index contributed by atoms with van der Waals surface area (Å²) in [7, 11) is 0. The predicted molar refractivity (Wildman–Crippen MR) is 68.5 cm³/mol. The lowest BCUT2D eigenvalue weighted by Crippen LogP contribution is -2.17. The number of hydrogen-bond acceptors (Lipinski definition) is 4. The second-order valence-electron chi connectivity index (χ2n) is 3.29. The van der Waals surface area contributed by atoms with E-state index in [0.717, 1.165) is 0 Å². The van der Waals surface area contributed by atoms with Crippen LogP contribution in [0.2, 0.25) is 5.02 Å². The number of phenolic OH excluding ortho intramolecular Hbond substituents is 1. The van der Waals surface area contributed by atoms with Gasteiger partial charge in [-0.05, 0) is 13.0 Å². The summed E-state index contributed by atoms with van der Waals surface area (Å²) in [6.07, 6.45) is 0.0156. The summed E-state index contributed by atoms with van der Waals surface area (Å²) >= 11 is 5.73. The van der Waals surface area contributed by atoms with Crippen LogP contribution in [0.3, 0.4) is 0 Å². The normalized spacial score (nSPS) is 11.5. The molecule has 0 saturated heterocycles. The van der Waals surface area contributed by atoms with Gasteiger partial charge in [-0.3, -0.25) is 4.79 Å². The van der Waals surface area contributed by atoms with Gasteiger partial charge in [0.15, 0.2) is 0 Å². The van der Waals surface area contributed by atoms with E-state index < -0.39 is 12.0 Å². The first-order valence-electron chi connectivity index (χ1n) is 4.94. The Morgan fingerprint density at radius 1 is 1.59 bits per heavy atom. The number of nitrogens with two attached hydrogens (primary N) is 1. The topological polar surface area (TPSA) is 72.5 Å². The number of ether oxygens (including phenoxy) is 1. The monoisotopic (exact) mass is 279 g/mol. The number of esters is 1. The fourth-order valence-electron chi connectivity index (χ4n) is 1.34. The highest BCUT2D eigenvalue weighted by Crippen LogP contribution is 2.31.